The Morgan fingerprint density at radius 1 is 1.23 bits per heavy atom. The minimum absolute atomic E-state index is 0.0284. The molecule has 0 spiro atoms. The maximum absolute atomic E-state index is 12.0. The Balaban J connectivity index is 1.49. The number of pyridine rings is 1. The lowest BCUT2D eigenvalue weighted by Gasteiger charge is -2.23. The van der Waals surface area contributed by atoms with E-state index in [-0.39, 0.29) is 16.7 Å². The molecule has 2 aliphatic rings. The molecular weight excluding hydrogens is 354 g/mol. The lowest BCUT2D eigenvalue weighted by molar-refractivity contribution is 0.224. The van der Waals surface area contributed by atoms with Crippen LogP contribution in [0.2, 0.25) is 5.02 Å². The summed E-state index contributed by atoms with van der Waals surface area (Å²) < 4.78 is 7.52. The molecule has 0 saturated carbocycles. The minimum Gasteiger partial charge on any atom is -0.485 e. The summed E-state index contributed by atoms with van der Waals surface area (Å²) in [5, 5.41) is 4.29. The van der Waals surface area contributed by atoms with Gasteiger partial charge in [-0.3, -0.25) is 4.79 Å². The van der Waals surface area contributed by atoms with E-state index >= 15 is 0 Å². The van der Waals surface area contributed by atoms with Crippen LogP contribution < -0.4 is 20.1 Å². The fourth-order valence-electron chi connectivity index (χ4n) is 3.59. The van der Waals surface area contributed by atoms with Gasteiger partial charge in [-0.15, -0.1) is 0 Å². The van der Waals surface area contributed by atoms with Gasteiger partial charge in [-0.2, -0.15) is 5.10 Å². The Labute approximate surface area is 157 Å². The quantitative estimate of drug-likeness (QED) is 0.815. The molecule has 8 heteroatoms. The van der Waals surface area contributed by atoms with Crippen molar-refractivity contribution in [3.05, 3.63) is 39.9 Å². The molecule has 0 N–H and O–H groups in total. The first-order valence-corrected chi connectivity index (χ1v) is 9.34. The Bertz CT molecular complexity index is 850. The zero-order chi connectivity index (χ0) is 18.1. The molecule has 0 radical (unpaired) electrons. The third-order valence-electron chi connectivity index (χ3n) is 5.00. The largest absolute Gasteiger partial charge is 0.485 e. The smallest absolute Gasteiger partial charge is 0.287 e. The Kier molecular flexibility index (Phi) is 4.72. The third kappa shape index (κ3) is 3.23. The lowest BCUT2D eigenvalue weighted by Crippen LogP contribution is -2.29. The van der Waals surface area contributed by atoms with Crippen LogP contribution in [0.4, 0.5) is 11.5 Å². The molecule has 1 unspecified atom stereocenters. The van der Waals surface area contributed by atoms with E-state index in [0.29, 0.717) is 12.2 Å². The molecule has 2 aromatic rings. The summed E-state index contributed by atoms with van der Waals surface area (Å²) in [6.07, 6.45) is 6.74. The number of aromatic nitrogens is 3. The highest BCUT2D eigenvalue weighted by atomic mass is 35.5. The van der Waals surface area contributed by atoms with E-state index < -0.39 is 0 Å². The van der Waals surface area contributed by atoms with Crippen molar-refractivity contribution in [2.24, 2.45) is 7.05 Å². The number of anilines is 2. The normalized spacial score (nSPS) is 20.0. The van der Waals surface area contributed by atoms with Crippen LogP contribution in [0.15, 0.2) is 29.3 Å². The molecule has 2 saturated heterocycles. The van der Waals surface area contributed by atoms with Crippen LogP contribution in [0.1, 0.15) is 19.3 Å². The van der Waals surface area contributed by atoms with Crippen LogP contribution in [0.25, 0.3) is 0 Å². The predicted molar refractivity (Wildman–Crippen MR) is 101 cm³/mol. The van der Waals surface area contributed by atoms with Gasteiger partial charge >= 0.3 is 0 Å². The summed E-state index contributed by atoms with van der Waals surface area (Å²) in [6.45, 7) is 3.50. The SMILES string of the molecule is Cn1ncc(N2CCC(Oc3cccnc3N3CCCC3)C2)c(Cl)c1=O. The topological polar surface area (TPSA) is 63.5 Å². The van der Waals surface area contributed by atoms with Crippen molar-refractivity contribution in [3.8, 4) is 5.75 Å². The molecule has 7 nitrogen and oxygen atoms in total. The van der Waals surface area contributed by atoms with Gasteiger partial charge in [0, 0.05) is 39.3 Å². The first-order valence-electron chi connectivity index (χ1n) is 8.97. The van der Waals surface area contributed by atoms with E-state index in [2.05, 4.69) is 19.9 Å². The molecule has 26 heavy (non-hydrogen) atoms. The summed E-state index contributed by atoms with van der Waals surface area (Å²) in [6, 6.07) is 3.89. The molecule has 2 fully saturated rings. The monoisotopic (exact) mass is 375 g/mol. The van der Waals surface area contributed by atoms with Gasteiger partial charge in [0.1, 0.15) is 11.1 Å². The van der Waals surface area contributed by atoms with Gasteiger partial charge in [-0.25, -0.2) is 9.67 Å². The van der Waals surface area contributed by atoms with Crippen molar-refractivity contribution in [1.82, 2.24) is 14.8 Å². The maximum Gasteiger partial charge on any atom is 0.287 e. The Hall–Kier alpha value is -2.28. The molecule has 0 aromatic carbocycles. The highest BCUT2D eigenvalue weighted by Crippen LogP contribution is 2.32. The van der Waals surface area contributed by atoms with Gasteiger partial charge < -0.3 is 14.5 Å². The Morgan fingerprint density at radius 2 is 2.04 bits per heavy atom. The molecule has 138 valence electrons. The molecule has 1 atom stereocenters. The van der Waals surface area contributed by atoms with Crippen LogP contribution in [0.3, 0.4) is 0 Å². The fraction of sp³-hybridized carbons (Fsp3) is 0.500. The van der Waals surface area contributed by atoms with Crippen LogP contribution >= 0.6 is 11.6 Å². The summed E-state index contributed by atoms with van der Waals surface area (Å²) in [7, 11) is 1.59. The zero-order valence-corrected chi connectivity index (χ0v) is 15.5. The van der Waals surface area contributed by atoms with Crippen molar-refractivity contribution in [1.29, 1.82) is 0 Å². The molecule has 2 aromatic heterocycles. The second-order valence-electron chi connectivity index (χ2n) is 6.77. The predicted octanol–water partition coefficient (Wildman–Crippen LogP) is 2.09. The van der Waals surface area contributed by atoms with E-state index in [0.717, 1.165) is 37.6 Å². The number of nitrogens with zero attached hydrogens (tertiary/aromatic N) is 5. The molecule has 0 bridgehead atoms. The van der Waals surface area contributed by atoms with E-state index in [1.807, 2.05) is 18.3 Å². The van der Waals surface area contributed by atoms with Gasteiger partial charge in [0.2, 0.25) is 0 Å². The van der Waals surface area contributed by atoms with Gasteiger partial charge in [-0.05, 0) is 25.0 Å². The first kappa shape index (κ1) is 17.1. The van der Waals surface area contributed by atoms with E-state index in [9.17, 15) is 4.79 Å². The second kappa shape index (κ2) is 7.15. The number of rotatable bonds is 4. The van der Waals surface area contributed by atoms with Gasteiger partial charge in [0.05, 0.1) is 18.4 Å². The van der Waals surface area contributed by atoms with Crippen molar-refractivity contribution >= 4 is 23.1 Å². The van der Waals surface area contributed by atoms with Crippen molar-refractivity contribution in [2.45, 2.75) is 25.4 Å². The lowest BCUT2D eigenvalue weighted by atomic mass is 10.3. The van der Waals surface area contributed by atoms with Crippen molar-refractivity contribution < 1.29 is 4.74 Å². The van der Waals surface area contributed by atoms with Crippen molar-refractivity contribution in [2.75, 3.05) is 36.0 Å². The van der Waals surface area contributed by atoms with Crippen molar-refractivity contribution in [3.63, 3.8) is 0 Å². The van der Waals surface area contributed by atoms with Gasteiger partial charge in [0.25, 0.3) is 5.56 Å². The number of halogens is 1. The number of hydrogen-bond acceptors (Lipinski definition) is 6. The average molecular weight is 376 g/mol. The van der Waals surface area contributed by atoms with Gasteiger partial charge in [-0.1, -0.05) is 11.6 Å². The Morgan fingerprint density at radius 3 is 2.85 bits per heavy atom. The summed E-state index contributed by atoms with van der Waals surface area (Å²) in [5.41, 5.74) is 0.393. The molecule has 2 aliphatic heterocycles. The van der Waals surface area contributed by atoms with Crippen LogP contribution in [-0.4, -0.2) is 47.0 Å². The van der Waals surface area contributed by atoms with Crippen LogP contribution in [0, 0.1) is 0 Å². The van der Waals surface area contributed by atoms with Crippen LogP contribution in [0.5, 0.6) is 5.75 Å². The fourth-order valence-corrected chi connectivity index (χ4v) is 3.88. The number of aryl methyl sites for hydroxylation is 1. The average Bonchev–Trinajstić information content (AvgIpc) is 3.33. The summed E-state index contributed by atoms with van der Waals surface area (Å²) >= 11 is 6.23. The molecule has 4 rings (SSSR count). The van der Waals surface area contributed by atoms with E-state index in [1.165, 1.54) is 17.5 Å². The first-order chi connectivity index (χ1) is 12.6. The highest BCUT2D eigenvalue weighted by Gasteiger charge is 2.28. The highest BCUT2D eigenvalue weighted by molar-refractivity contribution is 6.33. The van der Waals surface area contributed by atoms with E-state index in [1.54, 1.807) is 13.2 Å². The minimum atomic E-state index is -0.280. The summed E-state index contributed by atoms with van der Waals surface area (Å²) in [5.74, 6) is 1.76. The molecule has 0 amide bonds. The molecular formula is C18H22ClN5O2. The van der Waals surface area contributed by atoms with E-state index in [4.69, 9.17) is 16.3 Å². The number of ether oxygens (including phenoxy) is 1. The zero-order valence-electron chi connectivity index (χ0n) is 14.8. The number of hydrogen-bond donors (Lipinski definition) is 0. The second-order valence-corrected chi connectivity index (χ2v) is 7.14. The standard InChI is InChI=1S/C18H22ClN5O2/c1-22-18(25)16(19)14(11-21-22)24-10-6-13(12-24)26-15-5-4-7-20-17(15)23-8-2-3-9-23/h4-5,7,11,13H,2-3,6,8-10,12H2,1H3. The van der Waals surface area contributed by atoms with Gasteiger partial charge in [0.15, 0.2) is 11.6 Å². The molecule has 0 aliphatic carbocycles. The molecule has 4 heterocycles. The maximum atomic E-state index is 12.0. The third-order valence-corrected chi connectivity index (χ3v) is 5.35. The van der Waals surface area contributed by atoms with Crippen LogP contribution in [-0.2, 0) is 7.05 Å². The summed E-state index contributed by atoms with van der Waals surface area (Å²) in [4.78, 5) is 20.9.